The van der Waals surface area contributed by atoms with E-state index in [0.717, 1.165) is 0 Å². The maximum absolute atomic E-state index is 0. The Hall–Kier alpha value is 1.75. The first kappa shape index (κ1) is 244. The van der Waals surface area contributed by atoms with Crippen LogP contribution < -0.4 is 79.6 Å². The molecule has 0 unspecified atom stereocenters. The molecule has 0 saturated carbocycles. The summed E-state index contributed by atoms with van der Waals surface area (Å²) in [7, 11) is 0. The number of hydrogen-bond donors (Lipinski definition) is 0. The third-order valence-corrected chi connectivity index (χ3v) is 0. The summed E-state index contributed by atoms with van der Waals surface area (Å²) in [6.07, 6.45) is 0. The summed E-state index contributed by atoms with van der Waals surface area (Å²) in [6.45, 7) is 0. The number of rotatable bonds is 0. The second-order valence-electron chi connectivity index (χ2n) is 0. The van der Waals surface area contributed by atoms with Crippen LogP contribution in [0.2, 0.25) is 0 Å². The predicted molar refractivity (Wildman–Crippen MR) is 5.75 cm³/mol. The van der Waals surface area contributed by atoms with Gasteiger partial charge < -0.3 is 28.2 Å². The van der Waals surface area contributed by atoms with Gasteiger partial charge in [-0.3, -0.25) is 0 Å². The Morgan fingerprint density at radius 3 is 0.375 bits per heavy atom. The van der Waals surface area contributed by atoms with Crippen LogP contribution in [-0.4, -0.2) is 17.4 Å². The fraction of sp³-hybridized carbons (Fsp3) is 0. The largest absolute Gasteiger partial charge is 3.00 e. The van der Waals surface area contributed by atoms with Crippen molar-refractivity contribution < 1.29 is 79.6 Å². The molecule has 0 radical (unpaired) electrons. The molecule has 0 bridgehead atoms. The van der Waals surface area contributed by atoms with Gasteiger partial charge in [0.2, 0.25) is 0 Å². The molecule has 0 saturated heterocycles. The quantitative estimate of drug-likeness (QED) is 0.256. The van der Waals surface area contributed by atoms with Crippen LogP contribution >= 0.6 is 0 Å². The summed E-state index contributed by atoms with van der Waals surface area (Å²) in [5.74, 6) is 0. The Balaban J connectivity index is 0. The topological polar surface area (TPSA) is 0 Å². The number of halogens is 6. The summed E-state index contributed by atoms with van der Waals surface area (Å²) >= 11 is 0. The summed E-state index contributed by atoms with van der Waals surface area (Å²) < 4.78 is 0. The van der Waals surface area contributed by atoms with Crippen molar-refractivity contribution in [3.05, 3.63) is 0 Å². The second kappa shape index (κ2) is 172. The third-order valence-electron chi connectivity index (χ3n) is 0. The zero-order valence-electron chi connectivity index (χ0n) is 3.85. The van der Waals surface area contributed by atoms with Gasteiger partial charge in [0.1, 0.15) is 0 Å². The molecule has 8 heavy (non-hydrogen) atoms. The third kappa shape index (κ3) is 115. The van der Waals surface area contributed by atoms with Gasteiger partial charge in [-0.1, -0.05) is 0 Å². The standard InChI is InChI=1S/Al.6FH.K/h;6*1H;/q+3;;;;;;;+1/p-6. The number of hydrogen-bond acceptors (Lipinski definition) is 0. The maximum Gasteiger partial charge on any atom is 3.00 e. The van der Waals surface area contributed by atoms with Crippen molar-refractivity contribution >= 4 is 17.4 Å². The van der Waals surface area contributed by atoms with Crippen LogP contribution in [0, 0.1) is 0 Å². The van der Waals surface area contributed by atoms with Crippen LogP contribution in [-0.2, 0) is 0 Å². The molecule has 0 amide bonds. The van der Waals surface area contributed by atoms with Gasteiger partial charge >= 0.3 is 68.7 Å². The molecule has 0 aliphatic carbocycles. The van der Waals surface area contributed by atoms with Gasteiger partial charge in [-0.15, -0.1) is 0 Å². The first-order valence-electron chi connectivity index (χ1n) is 0. The van der Waals surface area contributed by atoms with E-state index in [4.69, 9.17) is 0 Å². The molecule has 0 heterocycles. The average molecular weight is 180 g/mol. The van der Waals surface area contributed by atoms with Gasteiger partial charge in [-0.25, -0.2) is 0 Å². The molecular weight excluding hydrogens is 180 g/mol. The van der Waals surface area contributed by atoms with Gasteiger partial charge in [0.05, 0.1) is 0 Å². The van der Waals surface area contributed by atoms with Gasteiger partial charge in [0.15, 0.2) is 0 Å². The van der Waals surface area contributed by atoms with Crippen molar-refractivity contribution in [2.75, 3.05) is 0 Å². The van der Waals surface area contributed by atoms with E-state index in [-0.39, 0.29) is 97.0 Å². The van der Waals surface area contributed by atoms with E-state index in [1.54, 1.807) is 0 Å². The molecule has 0 N–H and O–H groups in total. The van der Waals surface area contributed by atoms with Crippen LogP contribution in [0.25, 0.3) is 0 Å². The maximum atomic E-state index is 0. The van der Waals surface area contributed by atoms with Crippen LogP contribution in [0.5, 0.6) is 0 Å². The Bertz CT molecular complexity index is 8.49. The van der Waals surface area contributed by atoms with Crippen molar-refractivity contribution in [1.82, 2.24) is 0 Å². The molecular formula is AlF6K-2. The van der Waals surface area contributed by atoms with E-state index in [9.17, 15) is 0 Å². The summed E-state index contributed by atoms with van der Waals surface area (Å²) in [4.78, 5) is 0. The smallest absolute Gasteiger partial charge is 1.00 e. The zero-order chi connectivity index (χ0) is 0. The summed E-state index contributed by atoms with van der Waals surface area (Å²) in [5.41, 5.74) is 0. The molecule has 0 atom stereocenters. The van der Waals surface area contributed by atoms with Crippen LogP contribution in [0.4, 0.5) is 0 Å². The van der Waals surface area contributed by atoms with Gasteiger partial charge in [0.25, 0.3) is 0 Å². The normalized spacial score (nSPS) is 0. The van der Waals surface area contributed by atoms with Gasteiger partial charge in [-0.2, -0.15) is 0 Å². The monoisotopic (exact) mass is 180 g/mol. The molecule has 0 aromatic rings. The fourth-order valence-corrected chi connectivity index (χ4v) is 0. The molecule has 0 aromatic carbocycles. The molecule has 0 fully saturated rings. The van der Waals surface area contributed by atoms with Crippen molar-refractivity contribution in [1.29, 1.82) is 0 Å². The minimum Gasteiger partial charge on any atom is -1.00 e. The second-order valence-corrected chi connectivity index (χ2v) is 0. The Morgan fingerprint density at radius 1 is 0.375 bits per heavy atom. The zero-order valence-corrected chi connectivity index (χ0v) is 8.12. The summed E-state index contributed by atoms with van der Waals surface area (Å²) in [5, 5.41) is 0. The van der Waals surface area contributed by atoms with Crippen LogP contribution in [0.1, 0.15) is 0 Å². The Labute approximate surface area is 95.5 Å². The van der Waals surface area contributed by atoms with Crippen molar-refractivity contribution in [3.63, 3.8) is 0 Å². The average Bonchev–Trinajstić information content (AvgIpc) is 0. The molecule has 0 aliphatic rings. The van der Waals surface area contributed by atoms with Crippen LogP contribution in [0.15, 0.2) is 0 Å². The van der Waals surface area contributed by atoms with Gasteiger partial charge in [-0.05, 0) is 0 Å². The molecule has 0 aliphatic heterocycles. The fourth-order valence-electron chi connectivity index (χ4n) is 0. The molecule has 48 valence electrons. The minimum absolute atomic E-state index is 0. The summed E-state index contributed by atoms with van der Waals surface area (Å²) in [6, 6.07) is 0. The SMILES string of the molecule is [Al+3].[F-].[F-].[F-].[F-].[F-].[F-].[K+]. The van der Waals surface area contributed by atoms with E-state index < -0.39 is 0 Å². The minimum atomic E-state index is 0. The molecule has 0 spiro atoms. The van der Waals surface area contributed by atoms with Crippen molar-refractivity contribution in [2.24, 2.45) is 0 Å². The molecule has 0 nitrogen and oxygen atoms in total. The Morgan fingerprint density at radius 2 is 0.375 bits per heavy atom. The van der Waals surface area contributed by atoms with Crippen LogP contribution in [0.3, 0.4) is 0 Å². The molecule has 0 rings (SSSR count). The van der Waals surface area contributed by atoms with E-state index in [2.05, 4.69) is 0 Å². The van der Waals surface area contributed by atoms with Gasteiger partial charge in [0, 0.05) is 0 Å². The first-order chi connectivity index (χ1) is 0. The van der Waals surface area contributed by atoms with Crippen molar-refractivity contribution in [2.45, 2.75) is 0 Å². The molecule has 0 aromatic heterocycles. The van der Waals surface area contributed by atoms with E-state index in [1.807, 2.05) is 0 Å². The van der Waals surface area contributed by atoms with E-state index in [1.165, 1.54) is 0 Å². The molecule has 8 heteroatoms. The predicted octanol–water partition coefficient (Wildman–Crippen LogP) is -21.4. The first-order valence-corrected chi connectivity index (χ1v) is 0. The Kier molecular flexibility index (Phi) is 5240. The van der Waals surface area contributed by atoms with E-state index >= 15 is 0 Å². The van der Waals surface area contributed by atoms with E-state index in [0.29, 0.717) is 0 Å². The van der Waals surface area contributed by atoms with Crippen molar-refractivity contribution in [3.8, 4) is 0 Å².